The van der Waals surface area contributed by atoms with Crippen molar-refractivity contribution in [3.8, 4) is 5.75 Å². The van der Waals surface area contributed by atoms with E-state index in [1.54, 1.807) is 38.3 Å². The van der Waals surface area contributed by atoms with Crippen molar-refractivity contribution < 1.29 is 17.9 Å². The quantitative estimate of drug-likeness (QED) is 0.742. The third-order valence-corrected chi connectivity index (χ3v) is 7.21. The number of sulfonamides is 1. The number of ether oxygens (including phenoxy) is 1. The van der Waals surface area contributed by atoms with Crippen LogP contribution < -0.4 is 9.46 Å². The van der Waals surface area contributed by atoms with Gasteiger partial charge in [0.2, 0.25) is 5.91 Å². The Balaban J connectivity index is 1.39. The molecule has 0 bridgehead atoms. The lowest BCUT2D eigenvalue weighted by Crippen LogP contribution is -2.40. The number of aliphatic imine (C=N–C) groups is 1. The van der Waals surface area contributed by atoms with Crippen molar-refractivity contribution in [3.63, 3.8) is 0 Å². The highest BCUT2D eigenvalue weighted by Crippen LogP contribution is 2.23. The molecule has 1 N–H and O–H groups in total. The van der Waals surface area contributed by atoms with Gasteiger partial charge in [0.05, 0.1) is 12.0 Å². The second-order valence-electron chi connectivity index (χ2n) is 8.06. The fraction of sp³-hybridized carbons (Fsp3) is 0.391. The minimum absolute atomic E-state index is 0.0904. The molecule has 1 amide bonds. The fourth-order valence-electron chi connectivity index (χ4n) is 4.08. The van der Waals surface area contributed by atoms with Crippen LogP contribution in [0.25, 0.3) is 0 Å². The molecule has 0 spiro atoms. The minimum Gasteiger partial charge on any atom is -0.497 e. The van der Waals surface area contributed by atoms with Gasteiger partial charge in [0.15, 0.2) is 0 Å². The summed E-state index contributed by atoms with van der Waals surface area (Å²) in [6.07, 6.45) is 0.876. The highest BCUT2D eigenvalue weighted by molar-refractivity contribution is 7.90. The van der Waals surface area contributed by atoms with Gasteiger partial charge >= 0.3 is 0 Å². The zero-order valence-corrected chi connectivity index (χ0v) is 19.1. The number of carbonyl (C=O) groups is 1. The van der Waals surface area contributed by atoms with Gasteiger partial charge in [-0.3, -0.25) is 19.4 Å². The molecule has 32 heavy (non-hydrogen) atoms. The molecular weight excluding hydrogens is 428 g/mol. The second kappa shape index (κ2) is 9.30. The maximum absolute atomic E-state index is 13.1. The van der Waals surface area contributed by atoms with E-state index in [4.69, 9.17) is 4.74 Å². The van der Waals surface area contributed by atoms with Crippen LogP contribution in [0, 0.1) is 0 Å². The summed E-state index contributed by atoms with van der Waals surface area (Å²) in [5.74, 6) is 0.981. The first-order chi connectivity index (χ1) is 15.4. The molecule has 1 saturated heterocycles. The molecule has 9 heteroatoms. The number of amidine groups is 1. The molecular formula is C23H28N4O4S. The van der Waals surface area contributed by atoms with E-state index in [1.807, 2.05) is 17.0 Å². The summed E-state index contributed by atoms with van der Waals surface area (Å²) in [5, 5.41) is 0. The van der Waals surface area contributed by atoms with Crippen molar-refractivity contribution in [2.75, 3.05) is 33.3 Å². The second-order valence-corrected chi connectivity index (χ2v) is 9.71. The Bertz CT molecular complexity index is 1120. The zero-order chi connectivity index (χ0) is 22.7. The van der Waals surface area contributed by atoms with Gasteiger partial charge in [-0.25, -0.2) is 8.42 Å². The van der Waals surface area contributed by atoms with E-state index < -0.39 is 16.1 Å². The lowest BCUT2D eigenvalue weighted by molar-refractivity contribution is -0.132. The van der Waals surface area contributed by atoms with Crippen molar-refractivity contribution in [2.45, 2.75) is 30.8 Å². The molecule has 1 atom stereocenters. The largest absolute Gasteiger partial charge is 0.497 e. The number of amides is 1. The van der Waals surface area contributed by atoms with Crippen LogP contribution in [0.1, 0.15) is 24.5 Å². The van der Waals surface area contributed by atoms with E-state index in [0.29, 0.717) is 18.7 Å². The Morgan fingerprint density at radius 1 is 1.09 bits per heavy atom. The van der Waals surface area contributed by atoms with E-state index in [9.17, 15) is 13.2 Å². The number of hydrogen-bond acceptors (Lipinski definition) is 6. The van der Waals surface area contributed by atoms with Crippen LogP contribution >= 0.6 is 0 Å². The molecule has 2 heterocycles. The van der Waals surface area contributed by atoms with E-state index in [-0.39, 0.29) is 16.6 Å². The SMILES string of the molecule is COc1ccc(CN2CCCN(C(=O)[C@H](C)N=C3NS(=O)(=O)c4ccccc43)CC2)cc1. The number of hydrogen-bond donors (Lipinski definition) is 1. The van der Waals surface area contributed by atoms with Gasteiger partial charge in [0.25, 0.3) is 10.0 Å². The van der Waals surface area contributed by atoms with E-state index in [2.05, 4.69) is 26.7 Å². The molecule has 2 aromatic carbocycles. The molecule has 0 radical (unpaired) electrons. The summed E-state index contributed by atoms with van der Waals surface area (Å²) >= 11 is 0. The van der Waals surface area contributed by atoms with Crippen LogP contribution in [-0.4, -0.2) is 69.3 Å². The molecule has 0 unspecified atom stereocenters. The van der Waals surface area contributed by atoms with Crippen LogP contribution in [-0.2, 0) is 21.4 Å². The third kappa shape index (κ3) is 4.78. The molecule has 0 saturated carbocycles. The summed E-state index contributed by atoms with van der Waals surface area (Å²) in [5.41, 5.74) is 1.71. The number of benzene rings is 2. The van der Waals surface area contributed by atoms with Crippen LogP contribution in [0.15, 0.2) is 58.4 Å². The predicted molar refractivity (Wildman–Crippen MR) is 122 cm³/mol. The molecule has 2 aromatic rings. The monoisotopic (exact) mass is 456 g/mol. The molecule has 2 aliphatic heterocycles. The molecule has 1 fully saturated rings. The molecule has 0 aromatic heterocycles. The number of rotatable bonds is 5. The van der Waals surface area contributed by atoms with Crippen molar-refractivity contribution in [1.29, 1.82) is 0 Å². The molecule has 8 nitrogen and oxygen atoms in total. The standard InChI is InChI=1S/C23H28N4O4S/c1-17(24-22-20-6-3-4-7-21(20)32(29,30)25-22)23(28)27-13-5-12-26(14-15-27)16-18-8-10-19(31-2)11-9-18/h3-4,6-11,17H,5,12-16H2,1-2H3,(H,24,25)/t17-/m0/s1. The fourth-order valence-corrected chi connectivity index (χ4v) is 5.32. The van der Waals surface area contributed by atoms with Gasteiger partial charge in [-0.1, -0.05) is 24.3 Å². The Labute approximate surface area is 188 Å². The van der Waals surface area contributed by atoms with Gasteiger partial charge in [-0.05, 0) is 43.2 Å². The lowest BCUT2D eigenvalue weighted by Gasteiger charge is -2.23. The lowest BCUT2D eigenvalue weighted by atomic mass is 10.2. The Hall–Kier alpha value is -2.91. The van der Waals surface area contributed by atoms with E-state index in [1.165, 1.54) is 5.56 Å². The number of nitrogens with zero attached hydrogens (tertiary/aromatic N) is 3. The summed E-state index contributed by atoms with van der Waals surface area (Å²) < 4.78 is 32.3. The number of fused-ring (bicyclic) bond motifs is 1. The van der Waals surface area contributed by atoms with Gasteiger partial charge in [-0.15, -0.1) is 0 Å². The van der Waals surface area contributed by atoms with Crippen molar-refractivity contribution >= 4 is 21.8 Å². The van der Waals surface area contributed by atoms with Gasteiger partial charge < -0.3 is 9.64 Å². The maximum atomic E-state index is 13.1. The Morgan fingerprint density at radius 3 is 2.59 bits per heavy atom. The van der Waals surface area contributed by atoms with Gasteiger partial charge in [-0.2, -0.15) is 0 Å². The first-order valence-electron chi connectivity index (χ1n) is 10.7. The smallest absolute Gasteiger partial charge is 0.263 e. The predicted octanol–water partition coefficient (Wildman–Crippen LogP) is 1.86. The van der Waals surface area contributed by atoms with E-state index in [0.717, 1.165) is 31.8 Å². The first kappa shape index (κ1) is 22.3. The topological polar surface area (TPSA) is 91.3 Å². The van der Waals surface area contributed by atoms with E-state index >= 15 is 0 Å². The van der Waals surface area contributed by atoms with Crippen molar-refractivity contribution in [3.05, 3.63) is 59.7 Å². The third-order valence-electron chi connectivity index (χ3n) is 5.81. The molecule has 0 aliphatic carbocycles. The maximum Gasteiger partial charge on any atom is 0.263 e. The van der Waals surface area contributed by atoms with Crippen LogP contribution in [0.2, 0.25) is 0 Å². The zero-order valence-electron chi connectivity index (χ0n) is 18.3. The molecule has 2 aliphatic rings. The average molecular weight is 457 g/mol. The number of methoxy groups -OCH3 is 1. The van der Waals surface area contributed by atoms with Gasteiger partial charge in [0, 0.05) is 38.3 Å². The van der Waals surface area contributed by atoms with Crippen LogP contribution in [0.4, 0.5) is 0 Å². The summed E-state index contributed by atoms with van der Waals surface area (Å²) in [6, 6.07) is 14.0. The number of carbonyl (C=O) groups excluding carboxylic acids is 1. The summed E-state index contributed by atoms with van der Waals surface area (Å²) in [6.45, 7) is 5.50. The van der Waals surface area contributed by atoms with Gasteiger partial charge in [0.1, 0.15) is 17.6 Å². The minimum atomic E-state index is -3.62. The Morgan fingerprint density at radius 2 is 1.84 bits per heavy atom. The highest BCUT2D eigenvalue weighted by atomic mass is 32.2. The number of nitrogens with one attached hydrogen (secondary N) is 1. The van der Waals surface area contributed by atoms with Crippen molar-refractivity contribution in [1.82, 2.24) is 14.5 Å². The van der Waals surface area contributed by atoms with Crippen LogP contribution in [0.3, 0.4) is 0 Å². The highest BCUT2D eigenvalue weighted by Gasteiger charge is 2.32. The molecule has 4 rings (SSSR count). The first-order valence-corrected chi connectivity index (χ1v) is 12.2. The summed E-state index contributed by atoms with van der Waals surface area (Å²) in [7, 11) is -1.96. The molecule has 170 valence electrons. The summed E-state index contributed by atoms with van der Waals surface area (Å²) in [4.78, 5) is 21.9. The Kier molecular flexibility index (Phi) is 6.48. The average Bonchev–Trinajstić information content (AvgIpc) is 2.93. The van der Waals surface area contributed by atoms with Crippen LogP contribution in [0.5, 0.6) is 5.75 Å². The normalized spacial score (nSPS) is 20.3. The van der Waals surface area contributed by atoms with Crippen molar-refractivity contribution in [2.24, 2.45) is 4.99 Å².